The zero-order valence-electron chi connectivity index (χ0n) is 15.5. The standard InChI is InChI=1S/C19H12F12/c1-8(2)10-6-9(16(20,21)22)7-13(19(29,30)31)14(10)15-11(17(23,24)25)4-3-5-12(15)18(26,27)28/h3-8H,1-2H3. The van der Waals surface area contributed by atoms with Gasteiger partial charge in [-0.15, -0.1) is 0 Å². The first-order chi connectivity index (χ1) is 13.8. The molecule has 0 amide bonds. The van der Waals surface area contributed by atoms with E-state index in [2.05, 4.69) is 0 Å². The van der Waals surface area contributed by atoms with Gasteiger partial charge in [0.1, 0.15) is 0 Å². The van der Waals surface area contributed by atoms with Crippen LogP contribution in [-0.2, 0) is 24.7 Å². The lowest BCUT2D eigenvalue weighted by Crippen LogP contribution is -2.19. The smallest absolute Gasteiger partial charge is 0.166 e. The fraction of sp³-hybridized carbons (Fsp3) is 0.368. The van der Waals surface area contributed by atoms with E-state index >= 15 is 0 Å². The molecule has 12 heteroatoms. The third-order valence-electron chi connectivity index (χ3n) is 4.35. The van der Waals surface area contributed by atoms with E-state index in [0.717, 1.165) is 13.8 Å². The molecule has 0 aliphatic heterocycles. The van der Waals surface area contributed by atoms with Crippen LogP contribution in [0.3, 0.4) is 0 Å². The summed E-state index contributed by atoms with van der Waals surface area (Å²) in [5.41, 5.74) is -12.6. The van der Waals surface area contributed by atoms with Crippen molar-refractivity contribution in [3.63, 3.8) is 0 Å². The SMILES string of the molecule is CC(C)c1cc(C(F)(F)F)cc(C(F)(F)F)c1-c1c(C(F)(F)F)cccc1C(F)(F)F. The second kappa shape index (κ2) is 7.63. The van der Waals surface area contributed by atoms with Crippen LogP contribution in [0.2, 0.25) is 0 Å². The molecule has 0 atom stereocenters. The van der Waals surface area contributed by atoms with Gasteiger partial charge in [0.25, 0.3) is 0 Å². The minimum atomic E-state index is -5.68. The van der Waals surface area contributed by atoms with Crippen molar-refractivity contribution in [3.8, 4) is 11.1 Å². The van der Waals surface area contributed by atoms with Crippen LogP contribution in [0.15, 0.2) is 30.3 Å². The maximum atomic E-state index is 13.7. The molecule has 0 unspecified atom stereocenters. The van der Waals surface area contributed by atoms with Crippen LogP contribution in [0.25, 0.3) is 11.1 Å². The van der Waals surface area contributed by atoms with Gasteiger partial charge in [0.05, 0.1) is 22.3 Å². The summed E-state index contributed by atoms with van der Waals surface area (Å²) in [5, 5.41) is 0. The second-order valence-corrected chi connectivity index (χ2v) is 6.86. The molecule has 0 aliphatic carbocycles. The van der Waals surface area contributed by atoms with Gasteiger partial charge in [-0.05, 0) is 41.3 Å². The summed E-state index contributed by atoms with van der Waals surface area (Å²) in [6.07, 6.45) is -22.0. The number of rotatable bonds is 2. The first-order valence-electron chi connectivity index (χ1n) is 8.36. The van der Waals surface area contributed by atoms with Crippen LogP contribution >= 0.6 is 0 Å². The minimum Gasteiger partial charge on any atom is -0.166 e. The van der Waals surface area contributed by atoms with Crippen molar-refractivity contribution in [3.05, 3.63) is 58.1 Å². The van der Waals surface area contributed by atoms with Crippen molar-refractivity contribution in [2.45, 2.75) is 44.5 Å². The number of benzene rings is 2. The Morgan fingerprint density at radius 1 is 0.548 bits per heavy atom. The van der Waals surface area contributed by atoms with Crippen molar-refractivity contribution in [1.29, 1.82) is 0 Å². The quantitative estimate of drug-likeness (QED) is 0.388. The van der Waals surface area contributed by atoms with Crippen LogP contribution in [0.4, 0.5) is 52.7 Å². The van der Waals surface area contributed by atoms with E-state index in [1.807, 2.05) is 0 Å². The van der Waals surface area contributed by atoms with Crippen LogP contribution in [0, 0.1) is 0 Å². The number of hydrogen-bond acceptors (Lipinski definition) is 0. The molecule has 0 N–H and O–H groups in total. The monoisotopic (exact) mass is 468 g/mol. The predicted molar refractivity (Wildman–Crippen MR) is 86.0 cm³/mol. The molecular formula is C19H12F12. The number of halogens is 12. The summed E-state index contributed by atoms with van der Waals surface area (Å²) in [5.74, 6) is -1.28. The highest BCUT2D eigenvalue weighted by Gasteiger charge is 2.46. The van der Waals surface area contributed by atoms with Crippen molar-refractivity contribution in [2.75, 3.05) is 0 Å². The van der Waals surface area contributed by atoms with Gasteiger partial charge in [0, 0.05) is 5.56 Å². The highest BCUT2D eigenvalue weighted by Crippen LogP contribution is 2.51. The van der Waals surface area contributed by atoms with E-state index < -0.39 is 75.6 Å². The summed E-state index contributed by atoms with van der Waals surface area (Å²) < 4.78 is 161. The molecular weight excluding hydrogens is 456 g/mol. The molecule has 0 aliphatic rings. The van der Waals surface area contributed by atoms with Gasteiger partial charge in [0.15, 0.2) is 0 Å². The Hall–Kier alpha value is -2.40. The van der Waals surface area contributed by atoms with E-state index in [1.165, 1.54) is 0 Å². The molecule has 2 aromatic rings. The topological polar surface area (TPSA) is 0 Å². The molecule has 0 fully saturated rings. The second-order valence-electron chi connectivity index (χ2n) is 6.86. The summed E-state index contributed by atoms with van der Waals surface area (Å²) in [4.78, 5) is 0. The largest absolute Gasteiger partial charge is 0.417 e. The summed E-state index contributed by atoms with van der Waals surface area (Å²) in [6, 6.07) is 0.317. The summed E-state index contributed by atoms with van der Waals surface area (Å²) >= 11 is 0. The van der Waals surface area contributed by atoms with Crippen molar-refractivity contribution < 1.29 is 52.7 Å². The van der Waals surface area contributed by atoms with Crippen LogP contribution in [-0.4, -0.2) is 0 Å². The Kier molecular flexibility index (Phi) is 6.12. The third kappa shape index (κ3) is 5.09. The molecule has 0 radical (unpaired) electrons. The van der Waals surface area contributed by atoms with Crippen LogP contribution in [0.5, 0.6) is 0 Å². The number of alkyl halides is 12. The first-order valence-corrected chi connectivity index (χ1v) is 8.36. The number of hydrogen-bond donors (Lipinski definition) is 0. The van der Waals surface area contributed by atoms with Gasteiger partial charge in [-0.1, -0.05) is 19.9 Å². The molecule has 0 saturated heterocycles. The fourth-order valence-electron chi connectivity index (χ4n) is 3.08. The minimum absolute atomic E-state index is 0.141. The highest BCUT2D eigenvalue weighted by molar-refractivity contribution is 5.79. The average molecular weight is 468 g/mol. The Labute approximate surface area is 167 Å². The Morgan fingerprint density at radius 3 is 1.29 bits per heavy atom. The lowest BCUT2D eigenvalue weighted by molar-refractivity contribution is -0.145. The average Bonchev–Trinajstić information content (AvgIpc) is 2.56. The van der Waals surface area contributed by atoms with Crippen LogP contribution in [0.1, 0.15) is 47.6 Å². The highest BCUT2D eigenvalue weighted by atomic mass is 19.4. The Balaban J connectivity index is 3.21. The van der Waals surface area contributed by atoms with Gasteiger partial charge in [-0.2, -0.15) is 52.7 Å². The maximum absolute atomic E-state index is 13.7. The third-order valence-corrected chi connectivity index (χ3v) is 4.35. The predicted octanol–water partition coefficient (Wildman–Crippen LogP) is 8.55. The van der Waals surface area contributed by atoms with Gasteiger partial charge in [-0.3, -0.25) is 0 Å². The van der Waals surface area contributed by atoms with E-state index in [9.17, 15) is 52.7 Å². The summed E-state index contributed by atoms with van der Waals surface area (Å²) in [6.45, 7) is 2.12. The zero-order valence-corrected chi connectivity index (χ0v) is 15.5. The molecule has 2 aromatic carbocycles. The van der Waals surface area contributed by atoms with E-state index in [0.29, 0.717) is 6.07 Å². The lowest BCUT2D eigenvalue weighted by Gasteiger charge is -2.26. The Bertz CT molecular complexity index is 924. The van der Waals surface area contributed by atoms with Crippen molar-refractivity contribution in [2.24, 2.45) is 0 Å². The normalized spacial score (nSPS) is 13.8. The maximum Gasteiger partial charge on any atom is 0.417 e. The van der Waals surface area contributed by atoms with Crippen molar-refractivity contribution in [1.82, 2.24) is 0 Å². The van der Waals surface area contributed by atoms with E-state index in [-0.39, 0.29) is 18.2 Å². The molecule has 0 aromatic heterocycles. The van der Waals surface area contributed by atoms with Gasteiger partial charge >= 0.3 is 24.7 Å². The Morgan fingerprint density at radius 2 is 0.968 bits per heavy atom. The fourth-order valence-corrected chi connectivity index (χ4v) is 3.08. The van der Waals surface area contributed by atoms with Crippen molar-refractivity contribution >= 4 is 0 Å². The zero-order chi connectivity index (χ0) is 24.2. The van der Waals surface area contributed by atoms with Gasteiger partial charge in [0.2, 0.25) is 0 Å². The first kappa shape index (κ1) is 24.9. The lowest BCUT2D eigenvalue weighted by atomic mass is 9.82. The van der Waals surface area contributed by atoms with Crippen LogP contribution < -0.4 is 0 Å². The van der Waals surface area contributed by atoms with Gasteiger partial charge in [-0.25, -0.2) is 0 Å². The summed E-state index contributed by atoms with van der Waals surface area (Å²) in [7, 11) is 0. The molecule has 2 rings (SSSR count). The molecule has 0 saturated carbocycles. The molecule has 0 bridgehead atoms. The molecule has 0 nitrogen and oxygen atoms in total. The molecule has 172 valence electrons. The van der Waals surface area contributed by atoms with Gasteiger partial charge < -0.3 is 0 Å². The molecule has 0 heterocycles. The molecule has 31 heavy (non-hydrogen) atoms. The van der Waals surface area contributed by atoms with E-state index in [1.54, 1.807) is 0 Å². The molecule has 0 spiro atoms. The van der Waals surface area contributed by atoms with E-state index in [4.69, 9.17) is 0 Å².